The van der Waals surface area contributed by atoms with Gasteiger partial charge in [0.15, 0.2) is 0 Å². The van der Waals surface area contributed by atoms with Crippen LogP contribution in [0.5, 0.6) is 0 Å². The molecule has 1 aromatic heterocycles. The molecule has 2 amide bonds. The largest absolute Gasteiger partial charge is 0.481 e. The number of anilines is 1. The van der Waals surface area contributed by atoms with E-state index in [2.05, 4.69) is 17.6 Å². The molecule has 1 heterocycles. The zero-order valence-electron chi connectivity index (χ0n) is 18.1. The predicted molar refractivity (Wildman–Crippen MR) is 121 cm³/mol. The number of fused-ring (bicyclic) bond motifs is 1. The summed E-state index contributed by atoms with van der Waals surface area (Å²) >= 11 is 1.51. The van der Waals surface area contributed by atoms with Gasteiger partial charge in [0.2, 0.25) is 5.91 Å². The Bertz CT molecular complexity index is 884. The van der Waals surface area contributed by atoms with E-state index in [1.165, 1.54) is 16.2 Å². The van der Waals surface area contributed by atoms with Gasteiger partial charge in [-0.3, -0.25) is 14.4 Å². The molecule has 0 aliphatic heterocycles. The third-order valence-electron chi connectivity index (χ3n) is 7.19. The van der Waals surface area contributed by atoms with E-state index in [0.717, 1.165) is 56.9 Å². The summed E-state index contributed by atoms with van der Waals surface area (Å²) in [5.74, 6) is -2.05. The van der Waals surface area contributed by atoms with Crippen LogP contribution < -0.4 is 10.6 Å². The van der Waals surface area contributed by atoms with Crippen LogP contribution in [0.1, 0.15) is 79.1 Å². The van der Waals surface area contributed by atoms with E-state index < -0.39 is 17.8 Å². The van der Waals surface area contributed by atoms with Gasteiger partial charge in [-0.1, -0.05) is 38.3 Å². The molecular formula is C24H32N2O4S. The van der Waals surface area contributed by atoms with Gasteiger partial charge in [0.05, 0.1) is 17.4 Å². The molecule has 1 aromatic rings. The van der Waals surface area contributed by atoms with Gasteiger partial charge in [-0.15, -0.1) is 11.3 Å². The minimum atomic E-state index is -0.944. The number of aliphatic carboxylic acids is 1. The highest BCUT2D eigenvalue weighted by molar-refractivity contribution is 7.17. The summed E-state index contributed by atoms with van der Waals surface area (Å²) in [5.41, 5.74) is 1.70. The van der Waals surface area contributed by atoms with Crippen molar-refractivity contribution in [1.29, 1.82) is 0 Å². The highest BCUT2D eigenvalue weighted by Crippen LogP contribution is 2.41. The van der Waals surface area contributed by atoms with E-state index in [9.17, 15) is 19.5 Å². The molecule has 1 saturated carbocycles. The van der Waals surface area contributed by atoms with Crippen molar-refractivity contribution in [1.82, 2.24) is 5.32 Å². The zero-order valence-corrected chi connectivity index (χ0v) is 18.9. The first-order valence-corrected chi connectivity index (χ1v) is 12.4. The first-order chi connectivity index (χ1) is 15.0. The second-order valence-corrected chi connectivity index (χ2v) is 10.3. The lowest BCUT2D eigenvalue weighted by Gasteiger charge is -2.24. The number of amides is 2. The van der Waals surface area contributed by atoms with Crippen LogP contribution in [0.2, 0.25) is 0 Å². The predicted octanol–water partition coefficient (Wildman–Crippen LogP) is 4.54. The molecule has 0 bridgehead atoms. The molecule has 4 rings (SSSR count). The Labute approximate surface area is 187 Å². The van der Waals surface area contributed by atoms with Gasteiger partial charge in [-0.2, -0.15) is 0 Å². The summed E-state index contributed by atoms with van der Waals surface area (Å²) in [6.07, 6.45) is 12.7. The summed E-state index contributed by atoms with van der Waals surface area (Å²) in [5, 5.41) is 16.3. The Balaban J connectivity index is 1.60. The van der Waals surface area contributed by atoms with Crippen LogP contribution in [0.3, 0.4) is 0 Å². The number of allylic oxidation sites excluding steroid dienone is 2. The summed E-state index contributed by atoms with van der Waals surface area (Å²) < 4.78 is 0. The van der Waals surface area contributed by atoms with E-state index in [1.54, 1.807) is 0 Å². The molecule has 0 unspecified atom stereocenters. The van der Waals surface area contributed by atoms with Gasteiger partial charge < -0.3 is 15.7 Å². The summed E-state index contributed by atoms with van der Waals surface area (Å²) in [6, 6.07) is 0.207. The molecule has 3 aliphatic carbocycles. The lowest BCUT2D eigenvalue weighted by molar-refractivity contribution is -0.146. The maximum atomic E-state index is 13.3. The fourth-order valence-electron chi connectivity index (χ4n) is 5.24. The van der Waals surface area contributed by atoms with Crippen molar-refractivity contribution in [2.45, 2.75) is 77.2 Å². The zero-order chi connectivity index (χ0) is 22.0. The molecule has 3 atom stereocenters. The van der Waals surface area contributed by atoms with E-state index in [4.69, 9.17) is 0 Å². The lowest BCUT2D eigenvalue weighted by Crippen LogP contribution is -2.36. The van der Waals surface area contributed by atoms with Crippen LogP contribution in [0.15, 0.2) is 12.2 Å². The van der Waals surface area contributed by atoms with Crippen molar-refractivity contribution in [2.75, 3.05) is 5.32 Å². The average Bonchev–Trinajstić information content (AvgIpc) is 3.40. The number of nitrogens with one attached hydrogen (secondary N) is 2. The molecule has 0 radical (unpaired) electrons. The van der Waals surface area contributed by atoms with Gasteiger partial charge in [-0.05, 0) is 56.4 Å². The molecule has 0 saturated heterocycles. The standard InChI is InChI=1S/C24H32N2O4S/c1-2-14-11-12-18-19(13-14)31-23(20(18)22(28)25-15-7-3-4-8-15)26-21(27)16-9-5-6-10-17(16)24(29)30/h5-6,14-17H,2-4,7-13H2,1H3,(H,25,28)(H,26,27)(H,29,30)/t14-,16+,17-/m0/s1. The average molecular weight is 445 g/mol. The normalized spacial score (nSPS) is 25.8. The van der Waals surface area contributed by atoms with Gasteiger partial charge in [0.1, 0.15) is 5.00 Å². The Hall–Kier alpha value is -2.15. The van der Waals surface area contributed by atoms with Crippen LogP contribution in [0.25, 0.3) is 0 Å². The molecule has 7 heteroatoms. The number of carboxylic acid groups (broad SMARTS) is 1. The van der Waals surface area contributed by atoms with Crippen LogP contribution in [0.4, 0.5) is 5.00 Å². The van der Waals surface area contributed by atoms with Gasteiger partial charge in [0, 0.05) is 10.9 Å². The van der Waals surface area contributed by atoms with Crippen molar-refractivity contribution in [3.8, 4) is 0 Å². The molecule has 0 spiro atoms. The van der Waals surface area contributed by atoms with Crippen molar-refractivity contribution >= 4 is 34.1 Å². The fourth-order valence-corrected chi connectivity index (χ4v) is 6.60. The highest BCUT2D eigenvalue weighted by atomic mass is 32.1. The molecule has 1 fully saturated rings. The molecule has 0 aromatic carbocycles. The molecule has 168 valence electrons. The van der Waals surface area contributed by atoms with E-state index >= 15 is 0 Å². The Morgan fingerprint density at radius 2 is 1.81 bits per heavy atom. The first-order valence-electron chi connectivity index (χ1n) is 11.6. The topological polar surface area (TPSA) is 95.5 Å². The van der Waals surface area contributed by atoms with Crippen molar-refractivity contribution < 1.29 is 19.5 Å². The van der Waals surface area contributed by atoms with Crippen LogP contribution in [-0.4, -0.2) is 28.9 Å². The lowest BCUT2D eigenvalue weighted by atomic mass is 9.82. The van der Waals surface area contributed by atoms with Crippen LogP contribution in [-0.2, 0) is 22.4 Å². The Kier molecular flexibility index (Phi) is 6.80. The summed E-state index contributed by atoms with van der Waals surface area (Å²) in [4.78, 5) is 39.2. The van der Waals surface area contributed by atoms with E-state index in [1.807, 2.05) is 12.2 Å². The van der Waals surface area contributed by atoms with Gasteiger partial charge in [-0.25, -0.2) is 0 Å². The SMILES string of the molecule is CC[C@H]1CCc2c(sc(NC(=O)[C@@H]3CC=CC[C@@H]3C(=O)O)c2C(=O)NC2CCCC2)C1. The van der Waals surface area contributed by atoms with Crippen molar-refractivity contribution in [2.24, 2.45) is 17.8 Å². The quantitative estimate of drug-likeness (QED) is 0.561. The molecule has 3 aliphatic rings. The molecule has 6 nitrogen and oxygen atoms in total. The Morgan fingerprint density at radius 3 is 2.48 bits per heavy atom. The number of carboxylic acids is 1. The highest BCUT2D eigenvalue weighted by Gasteiger charge is 2.36. The minimum absolute atomic E-state index is 0.0898. The van der Waals surface area contributed by atoms with Crippen molar-refractivity contribution in [3.63, 3.8) is 0 Å². The Morgan fingerprint density at radius 1 is 1.10 bits per heavy atom. The molecular weight excluding hydrogens is 412 g/mol. The number of hydrogen-bond acceptors (Lipinski definition) is 4. The number of thiophene rings is 1. The van der Waals surface area contributed by atoms with Gasteiger partial charge in [0.25, 0.3) is 5.91 Å². The smallest absolute Gasteiger partial charge is 0.307 e. The van der Waals surface area contributed by atoms with Crippen LogP contribution >= 0.6 is 11.3 Å². The summed E-state index contributed by atoms with van der Waals surface area (Å²) in [7, 11) is 0. The van der Waals surface area contributed by atoms with E-state index in [0.29, 0.717) is 29.3 Å². The number of hydrogen-bond donors (Lipinski definition) is 3. The fraction of sp³-hybridized carbons (Fsp3) is 0.625. The third-order valence-corrected chi connectivity index (χ3v) is 8.36. The third kappa shape index (κ3) is 4.71. The minimum Gasteiger partial charge on any atom is -0.481 e. The number of carbonyl (C=O) groups excluding carboxylic acids is 2. The van der Waals surface area contributed by atoms with Gasteiger partial charge >= 0.3 is 5.97 Å². The molecule has 31 heavy (non-hydrogen) atoms. The first kappa shape index (κ1) is 22.1. The second-order valence-electron chi connectivity index (χ2n) is 9.16. The van der Waals surface area contributed by atoms with Crippen LogP contribution in [0, 0.1) is 17.8 Å². The molecule has 3 N–H and O–H groups in total. The van der Waals surface area contributed by atoms with E-state index in [-0.39, 0.29) is 17.9 Å². The van der Waals surface area contributed by atoms with Crippen molar-refractivity contribution in [3.05, 3.63) is 28.2 Å². The monoisotopic (exact) mass is 444 g/mol. The summed E-state index contributed by atoms with van der Waals surface area (Å²) in [6.45, 7) is 2.20. The maximum absolute atomic E-state index is 13.3. The number of carbonyl (C=O) groups is 3. The maximum Gasteiger partial charge on any atom is 0.307 e. The second kappa shape index (κ2) is 9.55. The number of rotatable bonds is 6.